The summed E-state index contributed by atoms with van der Waals surface area (Å²) >= 11 is 0. The molecule has 0 saturated carbocycles. The maximum Gasteiger partial charge on any atom is 0.559 e. The Labute approximate surface area is 195 Å². The minimum atomic E-state index is -4.63. The van der Waals surface area contributed by atoms with Crippen molar-refractivity contribution in [2.75, 3.05) is 0 Å². The maximum atomic E-state index is 11.9. The van der Waals surface area contributed by atoms with E-state index < -0.39 is 7.82 Å². The largest absolute Gasteiger partial charge is 0.559 e. The fourth-order valence-electron chi connectivity index (χ4n) is 4.10. The van der Waals surface area contributed by atoms with Crippen LogP contribution in [-0.4, -0.2) is 4.89 Å². The smallest absolute Gasteiger partial charge is 0.403 e. The second kappa shape index (κ2) is 19.6. The molecule has 1 atom stereocenters. The quantitative estimate of drug-likeness (QED) is 0.135. The summed E-state index contributed by atoms with van der Waals surface area (Å²) in [4.78, 5) is 8.95. The highest BCUT2D eigenvalue weighted by Gasteiger charge is 2.23. The van der Waals surface area contributed by atoms with E-state index in [9.17, 15) is 9.09 Å². The van der Waals surface area contributed by atoms with Crippen LogP contribution in [0.4, 0.5) is 4.53 Å². The van der Waals surface area contributed by atoms with Gasteiger partial charge >= 0.3 is 7.82 Å². The molecular weight excluding hydrogens is 426 g/mol. The second-order valence-corrected chi connectivity index (χ2v) is 10.3. The zero-order valence-corrected chi connectivity index (χ0v) is 21.1. The van der Waals surface area contributed by atoms with Crippen LogP contribution in [-0.2, 0) is 15.7 Å². The summed E-state index contributed by atoms with van der Waals surface area (Å²) in [6, 6.07) is 6.79. The standard InChI is InChI=1S/C26H46FO4P/c1-2-3-4-5-6-7-8-9-10-11-12-13-14-15-16-17-18-19-20-25-21-23-26(24-22-25)30-32(28,29)31-27/h21-24H,2-20H2,1H3,(H,28,29). The molecule has 0 spiro atoms. The van der Waals surface area contributed by atoms with Gasteiger partial charge in [0.05, 0.1) is 0 Å². The van der Waals surface area contributed by atoms with Gasteiger partial charge in [-0.05, 0) is 35.1 Å². The highest BCUT2D eigenvalue weighted by Crippen LogP contribution is 2.43. The van der Waals surface area contributed by atoms with E-state index >= 15 is 0 Å². The van der Waals surface area contributed by atoms with Crippen LogP contribution < -0.4 is 4.52 Å². The number of hydrogen-bond donors (Lipinski definition) is 1. The molecular formula is C26H46FO4P. The van der Waals surface area contributed by atoms with E-state index in [4.69, 9.17) is 4.89 Å². The van der Waals surface area contributed by atoms with Crippen LogP contribution in [0.25, 0.3) is 0 Å². The summed E-state index contributed by atoms with van der Waals surface area (Å²) in [6.07, 6.45) is 25.6. The first-order chi connectivity index (χ1) is 15.6. The molecule has 6 heteroatoms. The van der Waals surface area contributed by atoms with E-state index in [1.165, 1.54) is 109 Å². The number of phosphoric acid groups is 1. The predicted octanol–water partition coefficient (Wildman–Crippen LogP) is 9.65. The Kier molecular flexibility index (Phi) is 17.8. The van der Waals surface area contributed by atoms with Crippen LogP contribution in [0.1, 0.15) is 128 Å². The van der Waals surface area contributed by atoms with Crippen LogP contribution >= 0.6 is 7.82 Å². The average Bonchev–Trinajstić information content (AvgIpc) is 2.79. The molecule has 1 aromatic carbocycles. The van der Waals surface area contributed by atoms with Crippen LogP contribution in [0.15, 0.2) is 24.3 Å². The van der Waals surface area contributed by atoms with Crippen molar-refractivity contribution in [3.8, 4) is 5.75 Å². The van der Waals surface area contributed by atoms with Gasteiger partial charge < -0.3 is 4.52 Å². The summed E-state index contributed by atoms with van der Waals surface area (Å²) in [7, 11) is -4.63. The fourth-order valence-corrected chi connectivity index (χ4v) is 4.51. The van der Waals surface area contributed by atoms with Gasteiger partial charge in [0.15, 0.2) is 0 Å². The lowest BCUT2D eigenvalue weighted by molar-refractivity contribution is -0.0363. The van der Waals surface area contributed by atoms with Gasteiger partial charge in [0, 0.05) is 0 Å². The van der Waals surface area contributed by atoms with E-state index in [1.807, 2.05) is 12.1 Å². The number of unbranched alkanes of at least 4 members (excludes halogenated alkanes) is 17. The van der Waals surface area contributed by atoms with Gasteiger partial charge in [0.2, 0.25) is 0 Å². The third kappa shape index (κ3) is 16.7. The van der Waals surface area contributed by atoms with E-state index in [-0.39, 0.29) is 5.75 Å². The van der Waals surface area contributed by atoms with E-state index in [2.05, 4.69) is 16.2 Å². The zero-order chi connectivity index (χ0) is 23.3. The van der Waals surface area contributed by atoms with Gasteiger partial charge in [-0.1, -0.05) is 133 Å². The summed E-state index contributed by atoms with van der Waals surface area (Å²) in [5, 5.41) is 0. The van der Waals surface area contributed by atoms with Crippen LogP contribution in [0.2, 0.25) is 0 Å². The fraction of sp³-hybridized carbons (Fsp3) is 0.769. The molecule has 0 aliphatic carbocycles. The SMILES string of the molecule is CCCCCCCCCCCCCCCCCCCCc1ccc(OP(=O)(O)OF)cc1. The Morgan fingerprint density at radius 2 is 1.06 bits per heavy atom. The number of halogens is 1. The molecule has 0 aromatic heterocycles. The molecule has 0 heterocycles. The molecule has 0 fully saturated rings. The highest BCUT2D eigenvalue weighted by molar-refractivity contribution is 7.47. The monoisotopic (exact) mass is 472 g/mol. The third-order valence-corrected chi connectivity index (χ3v) is 6.67. The van der Waals surface area contributed by atoms with Crippen molar-refractivity contribution in [1.82, 2.24) is 0 Å². The topological polar surface area (TPSA) is 55.8 Å². The van der Waals surface area contributed by atoms with Gasteiger partial charge in [-0.2, -0.15) is 0 Å². The molecule has 32 heavy (non-hydrogen) atoms. The van der Waals surface area contributed by atoms with E-state index in [1.54, 1.807) is 12.1 Å². The van der Waals surface area contributed by atoms with Crippen molar-refractivity contribution in [1.29, 1.82) is 0 Å². The van der Waals surface area contributed by atoms with Crippen molar-refractivity contribution < 1.29 is 23.2 Å². The molecule has 0 aliphatic heterocycles. The van der Waals surface area contributed by atoms with E-state index in [0.29, 0.717) is 0 Å². The molecule has 186 valence electrons. The number of rotatable bonds is 22. The number of phosphoric ester groups is 1. The second-order valence-electron chi connectivity index (χ2n) is 9.03. The lowest BCUT2D eigenvalue weighted by Crippen LogP contribution is -1.92. The molecule has 0 saturated heterocycles. The van der Waals surface area contributed by atoms with E-state index in [0.717, 1.165) is 18.4 Å². The minimum absolute atomic E-state index is 0.120. The summed E-state index contributed by atoms with van der Waals surface area (Å²) in [5.41, 5.74) is 1.14. The normalized spacial score (nSPS) is 13.2. The molecule has 1 aromatic rings. The summed E-state index contributed by atoms with van der Waals surface area (Å²) in [5.74, 6) is 0.120. The van der Waals surface area contributed by atoms with Crippen molar-refractivity contribution in [2.45, 2.75) is 129 Å². The van der Waals surface area contributed by atoms with Crippen molar-refractivity contribution in [2.24, 2.45) is 0 Å². The van der Waals surface area contributed by atoms with Crippen molar-refractivity contribution >= 4 is 7.82 Å². The first-order valence-electron chi connectivity index (χ1n) is 13.0. The number of aryl methyl sites for hydroxylation is 1. The Morgan fingerprint density at radius 3 is 1.44 bits per heavy atom. The van der Waals surface area contributed by atoms with Crippen LogP contribution in [0, 0.1) is 0 Å². The van der Waals surface area contributed by atoms with Gasteiger partial charge in [0.25, 0.3) is 0 Å². The third-order valence-electron chi connectivity index (χ3n) is 6.05. The molecule has 0 radical (unpaired) electrons. The number of hydrogen-bond acceptors (Lipinski definition) is 3. The van der Waals surface area contributed by atoms with Gasteiger partial charge in [-0.25, -0.2) is 4.57 Å². The van der Waals surface area contributed by atoms with Gasteiger partial charge in [-0.3, -0.25) is 4.89 Å². The molecule has 1 unspecified atom stereocenters. The molecule has 1 N–H and O–H groups in total. The maximum absolute atomic E-state index is 11.9. The first-order valence-corrected chi connectivity index (χ1v) is 14.5. The summed E-state index contributed by atoms with van der Waals surface area (Å²) in [6.45, 7) is 2.28. The average molecular weight is 473 g/mol. The minimum Gasteiger partial charge on any atom is -0.403 e. The molecule has 4 nitrogen and oxygen atoms in total. The van der Waals surface area contributed by atoms with Gasteiger partial charge in [-0.15, -0.1) is 0 Å². The van der Waals surface area contributed by atoms with Crippen molar-refractivity contribution in [3.63, 3.8) is 0 Å². The first kappa shape index (κ1) is 29.1. The molecule has 0 amide bonds. The summed E-state index contributed by atoms with van der Waals surface area (Å²) < 4.78 is 30.4. The Bertz CT molecular complexity index is 594. The highest BCUT2D eigenvalue weighted by atomic mass is 31.2. The lowest BCUT2D eigenvalue weighted by atomic mass is 10.0. The molecule has 0 bridgehead atoms. The zero-order valence-electron chi connectivity index (χ0n) is 20.2. The Hall–Kier alpha value is -0.900. The van der Waals surface area contributed by atoms with Crippen molar-refractivity contribution in [3.05, 3.63) is 29.8 Å². The van der Waals surface area contributed by atoms with Gasteiger partial charge in [0.1, 0.15) is 5.75 Å². The lowest BCUT2D eigenvalue weighted by Gasteiger charge is -2.08. The predicted molar refractivity (Wildman–Crippen MR) is 132 cm³/mol. The molecule has 0 aliphatic rings. The molecule has 1 rings (SSSR count). The Morgan fingerprint density at radius 1 is 0.688 bits per heavy atom. The van der Waals surface area contributed by atoms with Crippen LogP contribution in [0.5, 0.6) is 5.75 Å². The van der Waals surface area contributed by atoms with Crippen LogP contribution in [0.3, 0.4) is 0 Å². The Balaban J connectivity index is 1.85. The number of benzene rings is 1.